The molecule has 0 saturated carbocycles. The molecule has 0 aromatic rings. The molecule has 1 unspecified atom stereocenters. The van der Waals surface area contributed by atoms with Gasteiger partial charge in [-0.05, 0) is 70.3 Å². The molecule has 11 heteroatoms. The average Bonchev–Trinajstić information content (AvgIpc) is 3.15. The maximum absolute atomic E-state index is 12.7. The second kappa shape index (κ2) is 37.6. The molecule has 0 aliphatic heterocycles. The second-order valence-corrected chi connectivity index (χ2v) is 17.2. The Labute approximate surface area is 347 Å². The number of phosphoric ester groups is 1. The van der Waals surface area contributed by atoms with Crippen molar-refractivity contribution < 1.29 is 46.8 Å². The highest BCUT2D eigenvalue weighted by molar-refractivity contribution is 7.47. The Bertz CT molecular complexity index is 1220. The highest BCUT2D eigenvalue weighted by Crippen LogP contribution is 2.43. The van der Waals surface area contributed by atoms with Gasteiger partial charge in [-0.2, -0.15) is 0 Å². The third-order valence-electron chi connectivity index (χ3n) is 9.00. The Morgan fingerprint density at radius 1 is 0.596 bits per heavy atom. The lowest BCUT2D eigenvalue weighted by Crippen LogP contribution is -2.37. The number of hydrogen-bond acceptors (Lipinski definition) is 8. The zero-order valence-corrected chi connectivity index (χ0v) is 37.4. The Morgan fingerprint density at radius 2 is 1.12 bits per heavy atom. The van der Waals surface area contributed by atoms with Crippen LogP contribution in [0.25, 0.3) is 0 Å². The van der Waals surface area contributed by atoms with Gasteiger partial charge in [-0.1, -0.05) is 133 Å². The van der Waals surface area contributed by atoms with Gasteiger partial charge in [0, 0.05) is 19.3 Å². The van der Waals surface area contributed by atoms with Gasteiger partial charge >= 0.3 is 19.8 Å². The molecule has 0 heterocycles. The van der Waals surface area contributed by atoms with Crippen LogP contribution in [0.2, 0.25) is 0 Å². The van der Waals surface area contributed by atoms with Crippen LogP contribution in [0.5, 0.6) is 0 Å². The SMILES string of the molecule is CCCCC/C=C\C=C\C(=O)CCCCCCCC(=O)OC[C@H](COP(=O)(O)OCC[N+](C)(C)C)OC(=O)CCC/C=C\C/C=C\C/C=C\CCCCCCCC. The molecule has 0 spiro atoms. The number of carbonyl (C=O) groups is 3. The minimum atomic E-state index is -4.42. The van der Waals surface area contributed by atoms with Crippen molar-refractivity contribution in [2.75, 3.05) is 47.5 Å². The third-order valence-corrected chi connectivity index (χ3v) is 9.98. The molecule has 57 heavy (non-hydrogen) atoms. The van der Waals surface area contributed by atoms with Gasteiger partial charge in [0.15, 0.2) is 11.9 Å². The molecule has 0 fully saturated rings. The van der Waals surface area contributed by atoms with E-state index in [9.17, 15) is 23.8 Å². The van der Waals surface area contributed by atoms with E-state index in [1.54, 1.807) is 6.08 Å². The van der Waals surface area contributed by atoms with E-state index in [0.29, 0.717) is 36.7 Å². The van der Waals surface area contributed by atoms with Crippen LogP contribution in [-0.4, -0.2) is 80.7 Å². The van der Waals surface area contributed by atoms with Gasteiger partial charge in [0.2, 0.25) is 0 Å². The maximum atomic E-state index is 12.7. The van der Waals surface area contributed by atoms with Gasteiger partial charge in [0.05, 0.1) is 27.7 Å². The molecule has 0 radical (unpaired) electrons. The Kier molecular flexibility index (Phi) is 35.9. The van der Waals surface area contributed by atoms with Gasteiger partial charge in [-0.15, -0.1) is 0 Å². The number of nitrogens with zero attached hydrogens (tertiary/aromatic N) is 1. The fraction of sp³-hybridized carbons (Fsp3) is 0.717. The van der Waals surface area contributed by atoms with Crippen molar-refractivity contribution >= 4 is 25.5 Å². The average molecular weight is 823 g/mol. The second-order valence-electron chi connectivity index (χ2n) is 15.8. The molecular formula is C46H81NO9P+. The topological polar surface area (TPSA) is 125 Å². The van der Waals surface area contributed by atoms with E-state index in [1.807, 2.05) is 39.4 Å². The molecule has 0 aliphatic rings. The number of likely N-dealkylation sites (N-methyl/N-ethyl adjacent to an activating group) is 1. The number of hydrogen-bond donors (Lipinski definition) is 1. The van der Waals surface area contributed by atoms with Crippen molar-refractivity contribution in [3.8, 4) is 0 Å². The number of ketones is 1. The summed E-state index contributed by atoms with van der Waals surface area (Å²) in [7, 11) is 1.37. The highest BCUT2D eigenvalue weighted by atomic mass is 31.2. The summed E-state index contributed by atoms with van der Waals surface area (Å²) in [5.74, 6) is -0.835. The number of unbranched alkanes of at least 4 members (excludes halogenated alkanes) is 14. The van der Waals surface area contributed by atoms with E-state index in [4.69, 9.17) is 18.5 Å². The smallest absolute Gasteiger partial charge is 0.462 e. The summed E-state index contributed by atoms with van der Waals surface area (Å²) in [5, 5.41) is 0. The van der Waals surface area contributed by atoms with Crippen molar-refractivity contribution in [3.05, 3.63) is 60.8 Å². The summed E-state index contributed by atoms with van der Waals surface area (Å²) in [4.78, 5) is 47.4. The Hall–Kier alpha value is -2.62. The number of quaternary nitrogens is 1. The van der Waals surface area contributed by atoms with Crippen LogP contribution in [0.1, 0.15) is 162 Å². The predicted molar refractivity (Wildman–Crippen MR) is 234 cm³/mol. The lowest BCUT2D eigenvalue weighted by atomic mass is 10.1. The van der Waals surface area contributed by atoms with E-state index in [2.05, 4.69) is 50.3 Å². The van der Waals surface area contributed by atoms with Gasteiger partial charge in [0.1, 0.15) is 19.8 Å². The number of phosphoric acid groups is 1. The Morgan fingerprint density at radius 3 is 1.79 bits per heavy atom. The first-order valence-electron chi connectivity index (χ1n) is 22.0. The molecule has 0 bridgehead atoms. The van der Waals surface area contributed by atoms with Crippen LogP contribution in [0.3, 0.4) is 0 Å². The number of allylic oxidation sites excluding steroid dienone is 10. The standard InChI is InChI=1S/C46H80NO9P/c1-6-8-10-12-14-15-16-17-18-19-20-21-22-23-25-29-34-38-46(50)56-44(42-55-57(51,52)54-40-39-47(3,4)5)41-53-45(49)37-33-30-26-28-32-36-43(48)35-31-27-24-13-11-9-7-2/h17-18,20-21,23-25,27,31,35,44H,6-16,19,22,26,28-30,32-34,36-42H2,1-5H3/p+1/b18-17-,21-20-,25-23-,27-24-,35-31+/t44-/m1/s1. The minimum absolute atomic E-state index is 0.000587. The molecule has 0 amide bonds. The summed E-state index contributed by atoms with van der Waals surface area (Å²) >= 11 is 0. The number of rotatable bonds is 39. The summed E-state index contributed by atoms with van der Waals surface area (Å²) in [5.41, 5.74) is 0. The Balaban J connectivity index is 4.54. The van der Waals surface area contributed by atoms with Crippen molar-refractivity contribution in [2.45, 2.75) is 168 Å². The van der Waals surface area contributed by atoms with E-state index < -0.39 is 32.5 Å². The number of esters is 2. The van der Waals surface area contributed by atoms with Crippen LogP contribution in [0.15, 0.2) is 60.8 Å². The molecule has 0 aromatic heterocycles. The molecule has 0 rings (SSSR count). The van der Waals surface area contributed by atoms with Crippen LogP contribution in [0, 0.1) is 0 Å². The first-order valence-corrected chi connectivity index (χ1v) is 23.5. The molecule has 0 aliphatic carbocycles. The third kappa shape index (κ3) is 41.3. The van der Waals surface area contributed by atoms with E-state index in [0.717, 1.165) is 51.4 Å². The van der Waals surface area contributed by atoms with E-state index in [1.165, 1.54) is 57.8 Å². The van der Waals surface area contributed by atoms with Crippen molar-refractivity contribution in [1.82, 2.24) is 0 Å². The minimum Gasteiger partial charge on any atom is -0.462 e. The molecule has 10 nitrogen and oxygen atoms in total. The fourth-order valence-electron chi connectivity index (χ4n) is 5.48. The summed E-state index contributed by atoms with van der Waals surface area (Å²) < 4.78 is 34.1. The van der Waals surface area contributed by atoms with Crippen molar-refractivity contribution in [2.24, 2.45) is 0 Å². The van der Waals surface area contributed by atoms with Gasteiger partial charge in [-0.25, -0.2) is 4.57 Å². The lowest BCUT2D eigenvalue weighted by molar-refractivity contribution is -0.870. The van der Waals surface area contributed by atoms with E-state index in [-0.39, 0.29) is 31.8 Å². The molecule has 0 aromatic carbocycles. The fourth-order valence-corrected chi connectivity index (χ4v) is 6.22. The molecule has 328 valence electrons. The van der Waals surface area contributed by atoms with Crippen LogP contribution >= 0.6 is 7.82 Å². The predicted octanol–water partition coefficient (Wildman–Crippen LogP) is 11.6. The van der Waals surface area contributed by atoms with Crippen molar-refractivity contribution in [1.29, 1.82) is 0 Å². The first-order chi connectivity index (χ1) is 27.4. The van der Waals surface area contributed by atoms with Crippen LogP contribution in [0.4, 0.5) is 0 Å². The number of carbonyl (C=O) groups excluding carboxylic acids is 3. The monoisotopic (exact) mass is 823 g/mol. The highest BCUT2D eigenvalue weighted by Gasteiger charge is 2.27. The molecular weight excluding hydrogens is 741 g/mol. The maximum Gasteiger partial charge on any atom is 0.472 e. The van der Waals surface area contributed by atoms with Crippen molar-refractivity contribution in [3.63, 3.8) is 0 Å². The molecule has 1 N–H and O–H groups in total. The normalized spacial score (nSPS) is 14.1. The van der Waals surface area contributed by atoms with E-state index >= 15 is 0 Å². The largest absolute Gasteiger partial charge is 0.472 e. The van der Waals surface area contributed by atoms with Crippen LogP contribution in [-0.2, 0) is 37.5 Å². The van der Waals surface area contributed by atoms with Crippen LogP contribution < -0.4 is 0 Å². The summed E-state index contributed by atoms with van der Waals surface area (Å²) in [6.45, 7) is 4.15. The first kappa shape index (κ1) is 54.4. The number of ether oxygens (including phenoxy) is 2. The summed E-state index contributed by atoms with van der Waals surface area (Å²) in [6, 6.07) is 0. The lowest BCUT2D eigenvalue weighted by Gasteiger charge is -2.24. The molecule has 2 atom stereocenters. The van der Waals surface area contributed by atoms with Gasteiger partial charge in [0.25, 0.3) is 0 Å². The molecule has 0 saturated heterocycles. The zero-order valence-electron chi connectivity index (χ0n) is 36.6. The van der Waals surface area contributed by atoms with Gasteiger partial charge in [-0.3, -0.25) is 23.4 Å². The summed E-state index contributed by atoms with van der Waals surface area (Å²) in [6.07, 6.45) is 41.0. The zero-order chi connectivity index (χ0) is 42.3. The van der Waals surface area contributed by atoms with Gasteiger partial charge < -0.3 is 18.9 Å². The quantitative estimate of drug-likeness (QED) is 0.0123.